The highest BCUT2D eigenvalue weighted by molar-refractivity contribution is 7.53. The fourth-order valence-electron chi connectivity index (χ4n) is 3.10. The minimum absolute atomic E-state index is 0.188. The molecule has 4 nitrogen and oxygen atoms in total. The van der Waals surface area contributed by atoms with Gasteiger partial charge in [0.15, 0.2) is 0 Å². The van der Waals surface area contributed by atoms with E-state index in [1.165, 1.54) is 12.8 Å². The Kier molecular flexibility index (Phi) is 11.4. The second kappa shape index (κ2) is 12.7. The number of aromatic hydroxyl groups is 1. The van der Waals surface area contributed by atoms with Gasteiger partial charge >= 0.3 is 7.60 Å². The smallest absolute Gasteiger partial charge is 0.335 e. The molecule has 0 spiro atoms. The van der Waals surface area contributed by atoms with Crippen molar-refractivity contribution in [2.45, 2.75) is 97.6 Å². The number of rotatable bonds is 14. The highest BCUT2D eigenvalue weighted by atomic mass is 31.2. The molecule has 0 fully saturated rings. The Bertz CT molecular complexity index is 589. The number of unbranched alkanes of at least 4 members (excludes halogenated alkanes) is 6. The monoisotopic (exact) mass is 412 g/mol. The van der Waals surface area contributed by atoms with Crippen LogP contribution in [0.3, 0.4) is 0 Å². The lowest BCUT2D eigenvalue weighted by Crippen LogP contribution is -2.12. The lowest BCUT2D eigenvalue weighted by atomic mass is 9.85. The third-order valence-corrected chi connectivity index (χ3v) is 6.72. The summed E-state index contributed by atoms with van der Waals surface area (Å²) < 4.78 is 25.0. The Morgan fingerprint density at radius 1 is 0.893 bits per heavy atom. The summed E-state index contributed by atoms with van der Waals surface area (Å²) in [5.74, 6) is 0.270. The summed E-state index contributed by atoms with van der Waals surface area (Å²) in [4.78, 5) is 0. The van der Waals surface area contributed by atoms with Crippen molar-refractivity contribution in [3.05, 3.63) is 29.3 Å². The number of phenolic OH excluding ortho intramolecular Hbond substituents is 1. The molecule has 162 valence electrons. The molecule has 5 heteroatoms. The van der Waals surface area contributed by atoms with Gasteiger partial charge in [-0.15, -0.1) is 0 Å². The van der Waals surface area contributed by atoms with Crippen LogP contribution in [0.2, 0.25) is 0 Å². The second-order valence-electron chi connectivity index (χ2n) is 8.66. The van der Waals surface area contributed by atoms with Gasteiger partial charge < -0.3 is 14.2 Å². The molecule has 1 N–H and O–H groups in total. The summed E-state index contributed by atoms with van der Waals surface area (Å²) in [6.45, 7) is 11.4. The molecular formula is C23H41O4P. The summed E-state index contributed by atoms with van der Waals surface area (Å²) in [7, 11) is -3.21. The first-order chi connectivity index (χ1) is 13.2. The molecule has 0 radical (unpaired) electrons. The molecular weight excluding hydrogens is 371 g/mol. The zero-order valence-corrected chi connectivity index (χ0v) is 19.5. The van der Waals surface area contributed by atoms with Gasteiger partial charge in [-0.3, -0.25) is 4.57 Å². The maximum absolute atomic E-state index is 13.4. The second-order valence-corrected chi connectivity index (χ2v) is 10.7. The highest BCUT2D eigenvalue weighted by Gasteiger charge is 2.27. The van der Waals surface area contributed by atoms with Crippen LogP contribution in [0.25, 0.3) is 0 Å². The Hall–Kier alpha value is -0.830. The molecule has 0 amide bonds. The first-order valence-electron chi connectivity index (χ1n) is 10.9. The maximum Gasteiger partial charge on any atom is 0.335 e. The van der Waals surface area contributed by atoms with Crippen LogP contribution < -0.4 is 0 Å². The molecule has 1 rings (SSSR count). The first kappa shape index (κ1) is 25.2. The fourth-order valence-corrected chi connectivity index (χ4v) is 4.81. The van der Waals surface area contributed by atoms with E-state index in [0.29, 0.717) is 13.2 Å². The number of benzene rings is 1. The number of phenols is 1. The van der Waals surface area contributed by atoms with E-state index in [-0.39, 0.29) is 17.3 Å². The molecule has 0 aliphatic rings. The molecule has 1 aromatic carbocycles. The van der Waals surface area contributed by atoms with Crippen molar-refractivity contribution >= 4 is 7.60 Å². The molecule has 0 aliphatic carbocycles. The lowest BCUT2D eigenvalue weighted by molar-refractivity contribution is 0.197. The average Bonchev–Trinajstić information content (AvgIpc) is 2.62. The lowest BCUT2D eigenvalue weighted by Gasteiger charge is -2.23. The average molecular weight is 413 g/mol. The summed E-state index contributed by atoms with van der Waals surface area (Å²) in [5.41, 5.74) is 1.54. The molecule has 0 saturated heterocycles. The third kappa shape index (κ3) is 9.58. The zero-order chi connectivity index (χ0) is 21.0. The van der Waals surface area contributed by atoms with Crippen LogP contribution in [0.5, 0.6) is 5.75 Å². The molecule has 0 aliphatic heterocycles. The van der Waals surface area contributed by atoms with E-state index in [0.717, 1.165) is 49.7 Å². The number of hydrogen-bond donors (Lipinski definition) is 1. The van der Waals surface area contributed by atoms with Crippen molar-refractivity contribution in [1.82, 2.24) is 0 Å². The first-order valence-corrected chi connectivity index (χ1v) is 12.6. The third-order valence-electron chi connectivity index (χ3n) is 4.82. The Labute approximate surface area is 172 Å². The van der Waals surface area contributed by atoms with E-state index in [1.54, 1.807) is 6.07 Å². The van der Waals surface area contributed by atoms with Crippen LogP contribution in [0.4, 0.5) is 0 Å². The standard InChI is InChI=1S/C23H41O4P/c1-6-8-10-12-16-26-28(25,27-17-13-11-9-7-2)19-20-14-15-22(24)21(18-20)23(3,4)5/h14-15,18,24H,6-13,16-17,19H2,1-5H3. The van der Waals surface area contributed by atoms with Gasteiger partial charge in [0.25, 0.3) is 0 Å². The molecule has 1 aromatic rings. The topological polar surface area (TPSA) is 55.8 Å². The van der Waals surface area contributed by atoms with Crippen LogP contribution in [0.15, 0.2) is 18.2 Å². The van der Waals surface area contributed by atoms with Crippen LogP contribution in [-0.2, 0) is 25.2 Å². The van der Waals surface area contributed by atoms with E-state index >= 15 is 0 Å². The molecule has 0 heterocycles. The highest BCUT2D eigenvalue weighted by Crippen LogP contribution is 2.52. The van der Waals surface area contributed by atoms with Gasteiger partial charge in [-0.05, 0) is 35.4 Å². The minimum atomic E-state index is -3.21. The van der Waals surface area contributed by atoms with E-state index in [9.17, 15) is 9.67 Å². The normalized spacial score (nSPS) is 12.5. The van der Waals surface area contributed by atoms with Crippen molar-refractivity contribution in [3.63, 3.8) is 0 Å². The Balaban J connectivity index is 2.81. The van der Waals surface area contributed by atoms with Gasteiger partial charge in [0, 0.05) is 0 Å². The molecule has 0 bridgehead atoms. The molecule has 28 heavy (non-hydrogen) atoms. The van der Waals surface area contributed by atoms with Crippen molar-refractivity contribution in [3.8, 4) is 5.75 Å². The Morgan fingerprint density at radius 3 is 1.89 bits per heavy atom. The van der Waals surface area contributed by atoms with Gasteiger partial charge in [-0.1, -0.05) is 85.3 Å². The quantitative estimate of drug-likeness (QED) is 0.253. The number of hydrogen-bond acceptors (Lipinski definition) is 4. The van der Waals surface area contributed by atoms with E-state index < -0.39 is 7.60 Å². The predicted molar refractivity (Wildman–Crippen MR) is 118 cm³/mol. The summed E-state index contributed by atoms with van der Waals surface area (Å²) in [6, 6.07) is 5.43. The SMILES string of the molecule is CCCCCCOP(=O)(Cc1ccc(O)c(C(C)(C)C)c1)OCCCCCC. The molecule has 0 unspecified atom stereocenters. The van der Waals surface area contributed by atoms with E-state index in [4.69, 9.17) is 9.05 Å². The molecule has 0 atom stereocenters. The summed E-state index contributed by atoms with van der Waals surface area (Å²) in [5, 5.41) is 10.2. The minimum Gasteiger partial charge on any atom is -0.508 e. The predicted octanol–water partition coefficient (Wildman–Crippen LogP) is 7.58. The van der Waals surface area contributed by atoms with Gasteiger partial charge in [0.2, 0.25) is 0 Å². The van der Waals surface area contributed by atoms with Gasteiger partial charge in [-0.2, -0.15) is 0 Å². The van der Waals surface area contributed by atoms with Crippen molar-refractivity contribution in [2.24, 2.45) is 0 Å². The van der Waals surface area contributed by atoms with E-state index in [1.807, 2.05) is 12.1 Å². The maximum atomic E-state index is 13.4. The van der Waals surface area contributed by atoms with Gasteiger partial charge in [-0.25, -0.2) is 0 Å². The van der Waals surface area contributed by atoms with Crippen LogP contribution in [0.1, 0.15) is 97.1 Å². The fraction of sp³-hybridized carbons (Fsp3) is 0.739. The van der Waals surface area contributed by atoms with Crippen LogP contribution >= 0.6 is 7.60 Å². The van der Waals surface area contributed by atoms with Crippen molar-refractivity contribution < 1.29 is 18.7 Å². The van der Waals surface area contributed by atoms with Gasteiger partial charge in [0.1, 0.15) is 5.75 Å². The summed E-state index contributed by atoms with van der Waals surface area (Å²) >= 11 is 0. The van der Waals surface area contributed by atoms with E-state index in [2.05, 4.69) is 34.6 Å². The van der Waals surface area contributed by atoms with Gasteiger partial charge in [0.05, 0.1) is 19.4 Å². The van der Waals surface area contributed by atoms with Crippen molar-refractivity contribution in [2.75, 3.05) is 13.2 Å². The van der Waals surface area contributed by atoms with Crippen LogP contribution in [0, 0.1) is 0 Å². The van der Waals surface area contributed by atoms with Crippen LogP contribution in [-0.4, -0.2) is 18.3 Å². The zero-order valence-electron chi connectivity index (χ0n) is 18.6. The Morgan fingerprint density at radius 2 is 1.43 bits per heavy atom. The molecule has 0 aromatic heterocycles. The largest absolute Gasteiger partial charge is 0.508 e. The summed E-state index contributed by atoms with van der Waals surface area (Å²) in [6.07, 6.45) is 8.87. The van der Waals surface area contributed by atoms with Crippen molar-refractivity contribution in [1.29, 1.82) is 0 Å². The molecule has 0 saturated carbocycles.